The molecule has 0 aromatic heterocycles. The Morgan fingerprint density at radius 3 is 1.72 bits per heavy atom. The van der Waals surface area contributed by atoms with Gasteiger partial charge >= 0.3 is 6.03 Å². The number of hydrogen-bond acceptors (Lipinski definition) is 3. The molecular weight excluding hydrogens is 446 g/mol. The highest BCUT2D eigenvalue weighted by atomic mass is 16.2. The van der Waals surface area contributed by atoms with E-state index in [2.05, 4.69) is 36.2 Å². The minimum absolute atomic E-state index is 0.0393. The largest absolute Gasteiger partial charge is 0.326 e. The summed E-state index contributed by atoms with van der Waals surface area (Å²) in [6.45, 7) is 5.84. The Hall–Kier alpha value is -1.36. The highest BCUT2D eigenvalue weighted by Gasteiger charge is 2.37. The van der Waals surface area contributed by atoms with Crippen molar-refractivity contribution in [2.24, 2.45) is 0 Å². The van der Waals surface area contributed by atoms with Crippen molar-refractivity contribution in [1.29, 1.82) is 0 Å². The molecule has 0 bridgehead atoms. The molecule has 3 amide bonds. The summed E-state index contributed by atoms with van der Waals surface area (Å²) >= 11 is 0. The van der Waals surface area contributed by atoms with Gasteiger partial charge in [-0.3, -0.25) is 9.69 Å². The van der Waals surface area contributed by atoms with Crippen LogP contribution in [0.5, 0.6) is 0 Å². The number of carbonyl (C=O) groups is 2. The van der Waals surface area contributed by atoms with Crippen LogP contribution >= 0.6 is 0 Å². The molecule has 210 valence electrons. The normalized spacial score (nSPS) is 16.1. The van der Waals surface area contributed by atoms with E-state index < -0.39 is 0 Å². The number of carbonyl (C=O) groups excluding carboxylic acids is 2. The lowest BCUT2D eigenvalue weighted by Crippen LogP contribution is -2.40. The zero-order valence-corrected chi connectivity index (χ0v) is 24.2. The first-order chi connectivity index (χ1) is 17.6. The molecule has 0 radical (unpaired) electrons. The number of unbranched alkanes of at least 4 members (excludes halogenated alkanes) is 17. The quantitative estimate of drug-likeness (QED) is 0.0767. The lowest BCUT2D eigenvalue weighted by atomic mass is 10.0. The second-order valence-electron chi connectivity index (χ2n) is 11.0. The van der Waals surface area contributed by atoms with Crippen LogP contribution in [-0.4, -0.2) is 48.0 Å². The number of nitrogens with one attached hydrogen (secondary N) is 1. The van der Waals surface area contributed by atoms with E-state index in [1.807, 2.05) is 7.05 Å². The van der Waals surface area contributed by atoms with Gasteiger partial charge in [-0.1, -0.05) is 122 Å². The summed E-state index contributed by atoms with van der Waals surface area (Å²) in [5, 5.41) is 2.90. The van der Waals surface area contributed by atoms with Crippen LogP contribution in [0.3, 0.4) is 0 Å². The SMILES string of the molecule is CCCCCCCC/C=C\CCCCCCCCC1NC(=O)N(CN(C)CCCCCCCC)C1=O. The van der Waals surface area contributed by atoms with Crippen LogP contribution in [0.1, 0.15) is 149 Å². The molecule has 1 heterocycles. The molecular formula is C31H59N3O2. The Bertz CT molecular complexity index is 578. The molecule has 5 nitrogen and oxygen atoms in total. The number of hydrogen-bond donors (Lipinski definition) is 1. The third-order valence-electron chi connectivity index (χ3n) is 7.39. The van der Waals surface area contributed by atoms with Crippen molar-refractivity contribution in [3.63, 3.8) is 0 Å². The van der Waals surface area contributed by atoms with E-state index in [1.54, 1.807) is 0 Å². The Labute approximate surface area is 223 Å². The van der Waals surface area contributed by atoms with Gasteiger partial charge < -0.3 is 5.32 Å². The van der Waals surface area contributed by atoms with E-state index in [0.717, 1.165) is 32.2 Å². The van der Waals surface area contributed by atoms with Gasteiger partial charge in [-0.25, -0.2) is 9.69 Å². The molecule has 1 saturated heterocycles. The third kappa shape index (κ3) is 16.4. The fourth-order valence-corrected chi connectivity index (χ4v) is 4.98. The average Bonchev–Trinajstić information content (AvgIpc) is 3.13. The fraction of sp³-hybridized carbons (Fsp3) is 0.871. The van der Waals surface area contributed by atoms with Crippen LogP contribution in [-0.2, 0) is 4.79 Å². The minimum Gasteiger partial charge on any atom is -0.326 e. The van der Waals surface area contributed by atoms with Crippen molar-refractivity contribution in [3.8, 4) is 0 Å². The molecule has 1 rings (SSSR count). The van der Waals surface area contributed by atoms with Gasteiger partial charge in [0.2, 0.25) is 0 Å². The second-order valence-corrected chi connectivity index (χ2v) is 11.0. The van der Waals surface area contributed by atoms with Gasteiger partial charge in [0, 0.05) is 0 Å². The first kappa shape index (κ1) is 32.7. The molecule has 0 aromatic carbocycles. The summed E-state index contributed by atoms with van der Waals surface area (Å²) in [6, 6.07) is -0.541. The topological polar surface area (TPSA) is 52.7 Å². The van der Waals surface area contributed by atoms with Crippen LogP contribution in [0.15, 0.2) is 12.2 Å². The maximum atomic E-state index is 12.7. The highest BCUT2D eigenvalue weighted by molar-refractivity contribution is 6.04. The van der Waals surface area contributed by atoms with E-state index in [9.17, 15) is 9.59 Å². The van der Waals surface area contributed by atoms with Gasteiger partial charge in [0.1, 0.15) is 6.04 Å². The molecule has 36 heavy (non-hydrogen) atoms. The maximum absolute atomic E-state index is 12.7. The number of imide groups is 1. The highest BCUT2D eigenvalue weighted by Crippen LogP contribution is 2.16. The van der Waals surface area contributed by atoms with Crippen molar-refractivity contribution in [1.82, 2.24) is 15.1 Å². The molecule has 1 atom stereocenters. The average molecular weight is 506 g/mol. The standard InChI is InChI=1S/C31H59N3O2/c1-4-6-8-10-12-13-14-15-16-17-18-19-20-21-22-24-26-29-30(35)34(31(36)32-29)28-33(3)27-25-23-11-9-7-5-2/h15-16,29H,4-14,17-28H2,1-3H3,(H,32,36)/b16-15-. The lowest BCUT2D eigenvalue weighted by molar-refractivity contribution is -0.128. The van der Waals surface area contributed by atoms with Gasteiger partial charge in [0.15, 0.2) is 0 Å². The van der Waals surface area contributed by atoms with Gasteiger partial charge in [-0.2, -0.15) is 0 Å². The molecule has 0 saturated carbocycles. The Morgan fingerprint density at radius 2 is 1.17 bits per heavy atom. The number of rotatable bonds is 25. The van der Waals surface area contributed by atoms with Crippen LogP contribution in [0.2, 0.25) is 0 Å². The van der Waals surface area contributed by atoms with Gasteiger partial charge in [-0.15, -0.1) is 0 Å². The lowest BCUT2D eigenvalue weighted by Gasteiger charge is -2.22. The number of urea groups is 1. The molecule has 1 N–H and O–H groups in total. The van der Waals surface area contributed by atoms with Crippen molar-refractivity contribution < 1.29 is 9.59 Å². The number of amides is 3. The van der Waals surface area contributed by atoms with E-state index in [4.69, 9.17) is 0 Å². The number of nitrogens with zero attached hydrogens (tertiary/aromatic N) is 2. The van der Waals surface area contributed by atoms with Crippen molar-refractivity contribution in [3.05, 3.63) is 12.2 Å². The Kier molecular flexibility index (Phi) is 20.7. The Morgan fingerprint density at radius 1 is 0.694 bits per heavy atom. The van der Waals surface area contributed by atoms with Crippen LogP contribution in [0.4, 0.5) is 4.79 Å². The number of allylic oxidation sites excluding steroid dienone is 2. The molecule has 0 spiro atoms. The first-order valence-electron chi connectivity index (χ1n) is 15.6. The van der Waals surface area contributed by atoms with Crippen LogP contribution < -0.4 is 5.32 Å². The summed E-state index contributed by atoms with van der Waals surface area (Å²) < 4.78 is 0. The Balaban J connectivity index is 2.00. The molecule has 0 aliphatic carbocycles. The molecule has 1 aliphatic heterocycles. The zero-order valence-electron chi connectivity index (χ0n) is 24.2. The summed E-state index contributed by atoms with van der Waals surface area (Å²) in [4.78, 5) is 28.5. The molecule has 1 unspecified atom stereocenters. The summed E-state index contributed by atoms with van der Waals surface area (Å²) in [5.41, 5.74) is 0. The maximum Gasteiger partial charge on any atom is 0.325 e. The molecule has 1 fully saturated rings. The van der Waals surface area contributed by atoms with Crippen molar-refractivity contribution >= 4 is 11.9 Å². The van der Waals surface area contributed by atoms with Crippen molar-refractivity contribution in [2.45, 2.75) is 155 Å². The van der Waals surface area contributed by atoms with Crippen molar-refractivity contribution in [2.75, 3.05) is 20.3 Å². The minimum atomic E-state index is -0.322. The monoisotopic (exact) mass is 505 g/mol. The van der Waals surface area contributed by atoms with E-state index in [0.29, 0.717) is 6.67 Å². The van der Waals surface area contributed by atoms with E-state index in [-0.39, 0.29) is 18.0 Å². The first-order valence-corrected chi connectivity index (χ1v) is 15.6. The van der Waals surface area contributed by atoms with Crippen LogP contribution in [0, 0.1) is 0 Å². The van der Waals surface area contributed by atoms with Crippen LogP contribution in [0.25, 0.3) is 0 Å². The zero-order chi connectivity index (χ0) is 26.3. The van der Waals surface area contributed by atoms with Gasteiger partial charge in [0.05, 0.1) is 6.67 Å². The third-order valence-corrected chi connectivity index (χ3v) is 7.39. The van der Waals surface area contributed by atoms with E-state index >= 15 is 0 Å². The van der Waals surface area contributed by atoms with Gasteiger partial charge in [0.25, 0.3) is 5.91 Å². The second kappa shape index (κ2) is 22.8. The molecule has 0 aromatic rings. The molecule has 1 aliphatic rings. The summed E-state index contributed by atoms with van der Waals surface area (Å²) in [7, 11) is 2.01. The summed E-state index contributed by atoms with van der Waals surface area (Å²) in [5.74, 6) is -0.0393. The smallest absolute Gasteiger partial charge is 0.325 e. The predicted molar refractivity (Wildman–Crippen MR) is 154 cm³/mol. The fourth-order valence-electron chi connectivity index (χ4n) is 4.98. The van der Waals surface area contributed by atoms with Gasteiger partial charge in [-0.05, 0) is 52.1 Å². The van der Waals surface area contributed by atoms with E-state index in [1.165, 1.54) is 114 Å². The predicted octanol–water partition coefficient (Wildman–Crippen LogP) is 8.58. The summed E-state index contributed by atoms with van der Waals surface area (Å²) in [6.07, 6.45) is 31.0. The molecule has 5 heteroatoms.